The van der Waals surface area contributed by atoms with Crippen molar-refractivity contribution in [2.45, 2.75) is 19.0 Å². The quantitative estimate of drug-likeness (QED) is 0.849. The molecule has 0 bridgehead atoms. The Labute approximate surface area is 99.7 Å². The molecule has 0 aliphatic carbocycles. The normalized spacial score (nSPS) is 19.2. The number of carbonyl (C=O) groups is 1. The van der Waals surface area contributed by atoms with Gasteiger partial charge in [0.2, 0.25) is 5.91 Å². The number of halogens is 4. The first kappa shape index (κ1) is 12.7. The highest BCUT2D eigenvalue weighted by atomic mass is 19.3. The highest BCUT2D eigenvalue weighted by Crippen LogP contribution is 2.31. The third-order valence-corrected chi connectivity index (χ3v) is 2.66. The molecule has 1 aromatic carbocycles. The Kier molecular flexibility index (Phi) is 3.40. The third kappa shape index (κ3) is 2.55. The Bertz CT molecular complexity index is 455. The highest BCUT2D eigenvalue weighted by molar-refractivity contribution is 5.79. The summed E-state index contributed by atoms with van der Waals surface area (Å²) in [4.78, 5) is 11.0. The molecule has 0 unspecified atom stereocenters. The van der Waals surface area contributed by atoms with Crippen LogP contribution in [-0.4, -0.2) is 19.1 Å². The lowest BCUT2D eigenvalue weighted by Gasteiger charge is -2.12. The topological polar surface area (TPSA) is 38.3 Å². The lowest BCUT2D eigenvalue weighted by Crippen LogP contribution is -2.14. The number of carbonyl (C=O) groups excluding carboxylic acids is 1. The van der Waals surface area contributed by atoms with Crippen molar-refractivity contribution in [1.82, 2.24) is 5.32 Å². The van der Waals surface area contributed by atoms with Crippen molar-refractivity contribution in [2.24, 2.45) is 0 Å². The SMILES string of the molecule is O=C1C[C@H](c2c(F)cc(OC(F)F)cc2F)CN1. The van der Waals surface area contributed by atoms with Gasteiger partial charge >= 0.3 is 6.61 Å². The average Bonchev–Trinajstić information content (AvgIpc) is 2.62. The summed E-state index contributed by atoms with van der Waals surface area (Å²) < 4.78 is 55.0. The molecule has 0 aromatic heterocycles. The molecule has 1 aromatic rings. The Morgan fingerprint density at radius 2 is 1.89 bits per heavy atom. The number of benzene rings is 1. The van der Waals surface area contributed by atoms with Crippen molar-refractivity contribution in [3.8, 4) is 5.75 Å². The van der Waals surface area contributed by atoms with E-state index in [9.17, 15) is 22.4 Å². The molecule has 1 amide bonds. The summed E-state index contributed by atoms with van der Waals surface area (Å²) in [6.45, 7) is -3.02. The van der Waals surface area contributed by atoms with Gasteiger partial charge in [0.05, 0.1) is 0 Å². The molecular formula is C11H9F4NO2. The van der Waals surface area contributed by atoms with Crippen molar-refractivity contribution in [3.63, 3.8) is 0 Å². The maximum atomic E-state index is 13.6. The molecular weight excluding hydrogens is 254 g/mol. The molecule has 1 fully saturated rings. The van der Waals surface area contributed by atoms with Crippen LogP contribution in [0.2, 0.25) is 0 Å². The van der Waals surface area contributed by atoms with Gasteiger partial charge in [-0.15, -0.1) is 0 Å². The van der Waals surface area contributed by atoms with E-state index in [1.807, 2.05) is 0 Å². The summed E-state index contributed by atoms with van der Waals surface area (Å²) in [5.74, 6) is -3.50. The van der Waals surface area contributed by atoms with Crippen LogP contribution in [0.1, 0.15) is 17.9 Å². The van der Waals surface area contributed by atoms with E-state index < -0.39 is 29.9 Å². The minimum Gasteiger partial charge on any atom is -0.435 e. The van der Waals surface area contributed by atoms with Crippen LogP contribution in [-0.2, 0) is 4.79 Å². The van der Waals surface area contributed by atoms with E-state index in [1.54, 1.807) is 0 Å². The molecule has 1 atom stereocenters. The molecule has 98 valence electrons. The van der Waals surface area contributed by atoms with Gasteiger partial charge in [-0.3, -0.25) is 4.79 Å². The molecule has 0 spiro atoms. The van der Waals surface area contributed by atoms with Crippen molar-refractivity contribution >= 4 is 5.91 Å². The summed E-state index contributed by atoms with van der Waals surface area (Å²) in [5.41, 5.74) is -0.282. The lowest BCUT2D eigenvalue weighted by atomic mass is 9.97. The molecule has 18 heavy (non-hydrogen) atoms. The first-order valence-electron chi connectivity index (χ1n) is 5.18. The largest absolute Gasteiger partial charge is 0.435 e. The second-order valence-corrected chi connectivity index (χ2v) is 3.88. The van der Waals surface area contributed by atoms with Gasteiger partial charge in [0.1, 0.15) is 17.4 Å². The molecule has 1 saturated heterocycles. The van der Waals surface area contributed by atoms with Crippen LogP contribution in [0.5, 0.6) is 5.75 Å². The van der Waals surface area contributed by atoms with Gasteiger partial charge in [-0.1, -0.05) is 0 Å². The van der Waals surface area contributed by atoms with E-state index >= 15 is 0 Å². The lowest BCUT2D eigenvalue weighted by molar-refractivity contribution is -0.119. The number of nitrogens with one attached hydrogen (secondary N) is 1. The van der Waals surface area contributed by atoms with Crippen LogP contribution in [0.3, 0.4) is 0 Å². The highest BCUT2D eigenvalue weighted by Gasteiger charge is 2.28. The minimum absolute atomic E-state index is 0.0249. The van der Waals surface area contributed by atoms with Gasteiger partial charge in [-0.05, 0) is 0 Å². The van der Waals surface area contributed by atoms with Gasteiger partial charge in [-0.2, -0.15) is 8.78 Å². The predicted molar refractivity (Wildman–Crippen MR) is 53.4 cm³/mol. The smallest absolute Gasteiger partial charge is 0.387 e. The van der Waals surface area contributed by atoms with Gasteiger partial charge in [-0.25, -0.2) is 8.78 Å². The summed E-state index contributed by atoms with van der Waals surface area (Å²) in [7, 11) is 0. The van der Waals surface area contributed by atoms with Crippen LogP contribution in [0, 0.1) is 11.6 Å². The predicted octanol–water partition coefficient (Wildman–Crippen LogP) is 2.17. The molecule has 1 aliphatic heterocycles. The Hall–Kier alpha value is -1.79. The summed E-state index contributed by atoms with van der Waals surface area (Å²) >= 11 is 0. The van der Waals surface area contributed by atoms with E-state index in [-0.39, 0.29) is 24.4 Å². The van der Waals surface area contributed by atoms with Gasteiger partial charge in [0, 0.05) is 36.6 Å². The first-order valence-corrected chi connectivity index (χ1v) is 5.18. The zero-order valence-electron chi connectivity index (χ0n) is 9.05. The van der Waals surface area contributed by atoms with Gasteiger partial charge in [0.25, 0.3) is 0 Å². The number of rotatable bonds is 3. The summed E-state index contributed by atoms with van der Waals surface area (Å²) in [6.07, 6.45) is -0.0249. The van der Waals surface area contributed by atoms with Gasteiger partial charge < -0.3 is 10.1 Å². The average molecular weight is 263 g/mol. The molecule has 0 radical (unpaired) electrons. The van der Waals surface area contributed by atoms with Crippen molar-refractivity contribution in [1.29, 1.82) is 0 Å². The van der Waals surface area contributed by atoms with E-state index in [0.29, 0.717) is 12.1 Å². The fraction of sp³-hybridized carbons (Fsp3) is 0.364. The molecule has 1 aliphatic rings. The molecule has 1 N–H and O–H groups in total. The maximum absolute atomic E-state index is 13.6. The monoisotopic (exact) mass is 263 g/mol. The summed E-state index contributed by atoms with van der Waals surface area (Å²) in [5, 5.41) is 2.45. The Morgan fingerprint density at radius 1 is 1.28 bits per heavy atom. The number of ether oxygens (including phenoxy) is 1. The molecule has 1 heterocycles. The van der Waals surface area contributed by atoms with E-state index in [4.69, 9.17) is 0 Å². The van der Waals surface area contributed by atoms with E-state index in [2.05, 4.69) is 10.1 Å². The minimum atomic E-state index is -3.15. The van der Waals surface area contributed by atoms with Crippen molar-refractivity contribution in [2.75, 3.05) is 6.54 Å². The van der Waals surface area contributed by atoms with Crippen LogP contribution in [0.25, 0.3) is 0 Å². The van der Waals surface area contributed by atoms with Gasteiger partial charge in [0.15, 0.2) is 0 Å². The second-order valence-electron chi connectivity index (χ2n) is 3.88. The number of alkyl halides is 2. The zero-order chi connectivity index (χ0) is 13.3. The maximum Gasteiger partial charge on any atom is 0.387 e. The zero-order valence-corrected chi connectivity index (χ0v) is 9.05. The van der Waals surface area contributed by atoms with Crippen LogP contribution >= 0.6 is 0 Å². The Balaban J connectivity index is 2.29. The fourth-order valence-electron chi connectivity index (χ4n) is 1.93. The Morgan fingerprint density at radius 3 is 2.33 bits per heavy atom. The number of hydrogen-bond acceptors (Lipinski definition) is 2. The first-order chi connectivity index (χ1) is 8.47. The molecule has 3 nitrogen and oxygen atoms in total. The standard InChI is InChI=1S/C11H9F4NO2/c12-7-2-6(18-11(14)15)3-8(13)10(7)5-1-9(17)16-4-5/h2-3,5,11H,1,4H2,(H,16,17)/t5-/m0/s1. The fourth-order valence-corrected chi connectivity index (χ4v) is 1.93. The van der Waals surface area contributed by atoms with E-state index in [1.165, 1.54) is 0 Å². The molecule has 0 saturated carbocycles. The molecule has 2 rings (SSSR count). The summed E-state index contributed by atoms with van der Waals surface area (Å²) in [6, 6.07) is 1.38. The van der Waals surface area contributed by atoms with Crippen LogP contribution in [0.4, 0.5) is 17.6 Å². The van der Waals surface area contributed by atoms with Crippen LogP contribution < -0.4 is 10.1 Å². The number of amides is 1. The number of hydrogen-bond donors (Lipinski definition) is 1. The second kappa shape index (κ2) is 4.83. The molecule has 7 heteroatoms. The van der Waals surface area contributed by atoms with Crippen molar-refractivity contribution in [3.05, 3.63) is 29.3 Å². The third-order valence-electron chi connectivity index (χ3n) is 2.66. The van der Waals surface area contributed by atoms with E-state index in [0.717, 1.165) is 0 Å². The van der Waals surface area contributed by atoms with Crippen molar-refractivity contribution < 1.29 is 27.1 Å². The van der Waals surface area contributed by atoms with Crippen LogP contribution in [0.15, 0.2) is 12.1 Å².